The number of rotatable bonds is 4. The molecule has 0 saturated carbocycles. The molecular formula is C16H18BrN3O. The first kappa shape index (κ1) is 14.5. The largest absolute Gasteiger partial charge is 0.313 e. The molecule has 1 atom stereocenters. The smallest absolute Gasteiger partial charge is 0.253 e. The number of aromatic amines is 1. The summed E-state index contributed by atoms with van der Waals surface area (Å²) in [6.07, 6.45) is 6.08. The van der Waals surface area contributed by atoms with E-state index in [0.717, 1.165) is 13.1 Å². The molecule has 1 aromatic heterocycles. The zero-order chi connectivity index (χ0) is 14.7. The molecule has 1 unspecified atom stereocenters. The highest BCUT2D eigenvalue weighted by molar-refractivity contribution is 9.09. The number of benzene rings is 1. The minimum absolute atomic E-state index is 0.0658. The highest BCUT2D eigenvalue weighted by Crippen LogP contribution is 2.40. The van der Waals surface area contributed by atoms with Crippen molar-refractivity contribution in [1.29, 1.82) is 0 Å². The van der Waals surface area contributed by atoms with E-state index < -0.39 is 0 Å². The molecular weight excluding hydrogens is 330 g/mol. The van der Waals surface area contributed by atoms with Crippen LogP contribution in [0.2, 0.25) is 0 Å². The summed E-state index contributed by atoms with van der Waals surface area (Å²) < 4.78 is -0.346. The van der Waals surface area contributed by atoms with Crippen LogP contribution >= 0.6 is 15.9 Å². The van der Waals surface area contributed by atoms with Gasteiger partial charge < -0.3 is 4.98 Å². The van der Waals surface area contributed by atoms with Crippen molar-refractivity contribution < 1.29 is 0 Å². The average Bonchev–Trinajstić information content (AvgIpc) is 3.05. The zero-order valence-electron chi connectivity index (χ0n) is 11.8. The van der Waals surface area contributed by atoms with Crippen LogP contribution in [0.3, 0.4) is 0 Å². The molecule has 0 radical (unpaired) electrons. The fourth-order valence-corrected chi connectivity index (χ4v) is 3.84. The SMILES string of the molecule is O=c1[nH]cncc1CC(Br)(c1ccccc1)N1CCCC1. The number of nitrogens with zero attached hydrogens (tertiary/aromatic N) is 2. The van der Waals surface area contributed by atoms with Crippen molar-refractivity contribution in [2.45, 2.75) is 23.7 Å². The molecule has 2 aromatic rings. The molecule has 0 bridgehead atoms. The third-order valence-corrected chi connectivity index (χ3v) is 5.28. The topological polar surface area (TPSA) is 49.0 Å². The first-order chi connectivity index (χ1) is 10.2. The van der Waals surface area contributed by atoms with Gasteiger partial charge >= 0.3 is 0 Å². The Labute approximate surface area is 132 Å². The van der Waals surface area contributed by atoms with E-state index in [1.54, 1.807) is 6.20 Å². The number of hydrogen-bond acceptors (Lipinski definition) is 3. The second kappa shape index (κ2) is 6.12. The first-order valence-electron chi connectivity index (χ1n) is 7.21. The van der Waals surface area contributed by atoms with Crippen molar-refractivity contribution in [1.82, 2.24) is 14.9 Å². The van der Waals surface area contributed by atoms with Crippen LogP contribution in [0.25, 0.3) is 0 Å². The fraction of sp³-hybridized carbons (Fsp3) is 0.375. The van der Waals surface area contributed by atoms with Gasteiger partial charge in [0.1, 0.15) is 4.45 Å². The van der Waals surface area contributed by atoms with Gasteiger partial charge in [-0.25, -0.2) is 4.98 Å². The maximum Gasteiger partial charge on any atom is 0.253 e. The molecule has 110 valence electrons. The lowest BCUT2D eigenvalue weighted by Crippen LogP contribution is -2.42. The van der Waals surface area contributed by atoms with E-state index in [2.05, 4.69) is 42.9 Å². The Morgan fingerprint density at radius 3 is 2.62 bits per heavy atom. The monoisotopic (exact) mass is 347 g/mol. The lowest BCUT2D eigenvalue weighted by Gasteiger charge is -2.37. The molecule has 3 rings (SSSR count). The number of halogens is 1. The maximum atomic E-state index is 12.0. The quantitative estimate of drug-likeness (QED) is 0.683. The molecule has 0 amide bonds. The maximum absolute atomic E-state index is 12.0. The zero-order valence-corrected chi connectivity index (χ0v) is 13.3. The van der Waals surface area contributed by atoms with Crippen molar-refractivity contribution in [3.63, 3.8) is 0 Å². The van der Waals surface area contributed by atoms with Crippen LogP contribution in [0.15, 0.2) is 47.7 Å². The molecule has 1 aliphatic heterocycles. The second-order valence-corrected chi connectivity index (χ2v) is 6.71. The van der Waals surface area contributed by atoms with Crippen LogP contribution in [0.4, 0.5) is 0 Å². The third kappa shape index (κ3) is 2.94. The van der Waals surface area contributed by atoms with Crippen LogP contribution < -0.4 is 5.56 Å². The summed E-state index contributed by atoms with van der Waals surface area (Å²) in [4.78, 5) is 21.1. The van der Waals surface area contributed by atoms with E-state index in [-0.39, 0.29) is 10.0 Å². The Kier molecular flexibility index (Phi) is 4.22. The van der Waals surface area contributed by atoms with Crippen LogP contribution in [-0.2, 0) is 10.9 Å². The average molecular weight is 348 g/mol. The van der Waals surface area contributed by atoms with Gasteiger partial charge in [0, 0.05) is 18.2 Å². The molecule has 0 spiro atoms. The van der Waals surface area contributed by atoms with E-state index in [1.807, 2.05) is 18.2 Å². The molecule has 2 heterocycles. The lowest BCUT2D eigenvalue weighted by atomic mass is 9.98. The summed E-state index contributed by atoms with van der Waals surface area (Å²) in [6.45, 7) is 2.08. The number of likely N-dealkylation sites (tertiary alicyclic amines) is 1. The molecule has 1 aromatic carbocycles. The number of H-pyrrole nitrogens is 1. The molecule has 1 fully saturated rings. The first-order valence-corrected chi connectivity index (χ1v) is 8.00. The minimum atomic E-state index is -0.346. The van der Waals surface area contributed by atoms with Gasteiger partial charge in [0.15, 0.2) is 0 Å². The van der Waals surface area contributed by atoms with Gasteiger partial charge in [0.05, 0.1) is 6.33 Å². The number of alkyl halides is 1. The molecule has 0 aliphatic carbocycles. The standard InChI is InChI=1S/C16H18BrN3O/c17-16(20-8-4-5-9-20,14-6-2-1-3-7-14)10-13-11-18-12-19-15(13)21/h1-3,6-7,11-12H,4-5,8-10H2,(H,18,19,21). The second-order valence-electron chi connectivity index (χ2n) is 5.40. The van der Waals surface area contributed by atoms with Crippen molar-refractivity contribution in [3.8, 4) is 0 Å². The van der Waals surface area contributed by atoms with E-state index in [0.29, 0.717) is 12.0 Å². The van der Waals surface area contributed by atoms with Gasteiger partial charge in [-0.3, -0.25) is 9.69 Å². The van der Waals surface area contributed by atoms with Gasteiger partial charge in [-0.05, 0) is 31.5 Å². The van der Waals surface area contributed by atoms with Gasteiger partial charge in [-0.2, -0.15) is 0 Å². The van der Waals surface area contributed by atoms with E-state index in [1.165, 1.54) is 24.7 Å². The van der Waals surface area contributed by atoms with Crippen molar-refractivity contribution >= 4 is 15.9 Å². The summed E-state index contributed by atoms with van der Waals surface area (Å²) in [7, 11) is 0. The Bertz CT molecular complexity index is 652. The Balaban J connectivity index is 2.00. The number of aromatic nitrogens is 2. The predicted octanol–water partition coefficient (Wildman–Crippen LogP) is 2.66. The van der Waals surface area contributed by atoms with Gasteiger partial charge in [0.2, 0.25) is 0 Å². The minimum Gasteiger partial charge on any atom is -0.313 e. The summed E-state index contributed by atoms with van der Waals surface area (Å²) in [5.41, 5.74) is 1.81. The lowest BCUT2D eigenvalue weighted by molar-refractivity contribution is 0.216. The Morgan fingerprint density at radius 1 is 1.24 bits per heavy atom. The van der Waals surface area contributed by atoms with Crippen LogP contribution in [0, 0.1) is 0 Å². The predicted molar refractivity (Wildman–Crippen MR) is 86.4 cm³/mol. The third-order valence-electron chi connectivity index (χ3n) is 4.04. The van der Waals surface area contributed by atoms with Crippen molar-refractivity contribution in [3.05, 3.63) is 64.3 Å². The van der Waals surface area contributed by atoms with E-state index >= 15 is 0 Å². The van der Waals surface area contributed by atoms with Crippen LogP contribution in [0.5, 0.6) is 0 Å². The number of nitrogens with one attached hydrogen (secondary N) is 1. The van der Waals surface area contributed by atoms with Gasteiger partial charge in [0.25, 0.3) is 5.56 Å². The van der Waals surface area contributed by atoms with Gasteiger partial charge in [-0.15, -0.1) is 0 Å². The van der Waals surface area contributed by atoms with Gasteiger partial charge in [-0.1, -0.05) is 46.3 Å². The summed E-state index contributed by atoms with van der Waals surface area (Å²) in [6, 6.07) is 10.3. The summed E-state index contributed by atoms with van der Waals surface area (Å²) in [5.74, 6) is 0. The molecule has 21 heavy (non-hydrogen) atoms. The number of hydrogen-bond donors (Lipinski definition) is 1. The molecule has 5 heteroatoms. The molecule has 1 saturated heterocycles. The summed E-state index contributed by atoms with van der Waals surface area (Å²) >= 11 is 3.94. The Morgan fingerprint density at radius 2 is 1.95 bits per heavy atom. The van der Waals surface area contributed by atoms with Crippen LogP contribution in [-0.4, -0.2) is 28.0 Å². The van der Waals surface area contributed by atoms with E-state index in [4.69, 9.17) is 0 Å². The molecule has 1 N–H and O–H groups in total. The van der Waals surface area contributed by atoms with Crippen LogP contribution in [0.1, 0.15) is 24.0 Å². The van der Waals surface area contributed by atoms with Crippen molar-refractivity contribution in [2.75, 3.05) is 13.1 Å². The summed E-state index contributed by atoms with van der Waals surface area (Å²) in [5, 5.41) is 0. The molecule has 1 aliphatic rings. The van der Waals surface area contributed by atoms with E-state index in [9.17, 15) is 4.79 Å². The van der Waals surface area contributed by atoms with Crippen molar-refractivity contribution in [2.24, 2.45) is 0 Å². The fourth-order valence-electron chi connectivity index (χ4n) is 2.91. The highest BCUT2D eigenvalue weighted by Gasteiger charge is 2.38. The Hall–Kier alpha value is -1.46. The molecule has 4 nitrogen and oxygen atoms in total. The highest BCUT2D eigenvalue weighted by atomic mass is 79.9. The normalized spacial score (nSPS) is 18.5.